The van der Waals surface area contributed by atoms with E-state index in [1.807, 2.05) is 0 Å². The van der Waals surface area contributed by atoms with Crippen molar-refractivity contribution in [1.82, 2.24) is 0 Å². The van der Waals surface area contributed by atoms with Crippen LogP contribution in [0.4, 0.5) is 0 Å². The molecule has 0 spiro atoms. The summed E-state index contributed by atoms with van der Waals surface area (Å²) in [5, 5.41) is 9.15. The molecule has 3 saturated carbocycles. The molecular formula is C8H11BrO. The lowest BCUT2D eigenvalue weighted by molar-refractivity contribution is 0.170. The van der Waals surface area contributed by atoms with Gasteiger partial charge >= 0.3 is 0 Å². The Labute approximate surface area is 68.9 Å². The molecule has 10 heavy (non-hydrogen) atoms. The van der Waals surface area contributed by atoms with Crippen LogP contribution in [0.2, 0.25) is 0 Å². The minimum absolute atomic E-state index is 0.380. The summed E-state index contributed by atoms with van der Waals surface area (Å²) in [5.74, 6) is 1.67. The number of aliphatic hydroxyl groups is 1. The molecule has 56 valence electrons. The highest BCUT2D eigenvalue weighted by atomic mass is 79.9. The molecule has 0 heterocycles. The first-order chi connectivity index (χ1) is 4.78. The van der Waals surface area contributed by atoms with Crippen molar-refractivity contribution >= 4 is 15.9 Å². The van der Waals surface area contributed by atoms with Gasteiger partial charge in [0.1, 0.15) is 0 Å². The van der Waals surface area contributed by atoms with Crippen molar-refractivity contribution in [2.75, 3.05) is 6.61 Å². The Balaban J connectivity index is 1.96. The zero-order valence-corrected chi connectivity index (χ0v) is 7.39. The predicted molar refractivity (Wildman–Crippen MR) is 42.0 cm³/mol. The lowest BCUT2D eigenvalue weighted by Crippen LogP contribution is -2.21. The Bertz CT molecular complexity index is 189. The van der Waals surface area contributed by atoms with E-state index in [1.54, 1.807) is 0 Å². The van der Waals surface area contributed by atoms with Crippen LogP contribution in [-0.4, -0.2) is 16.0 Å². The molecule has 1 nitrogen and oxygen atoms in total. The lowest BCUT2D eigenvalue weighted by Gasteiger charge is -2.24. The first kappa shape index (κ1) is 6.01. The number of halogens is 1. The van der Waals surface area contributed by atoms with Crippen molar-refractivity contribution in [3.63, 3.8) is 0 Å². The number of aliphatic hydroxyl groups excluding tert-OH is 1. The Hall–Kier alpha value is 0.440. The molecule has 0 aromatic heterocycles. The van der Waals surface area contributed by atoms with E-state index >= 15 is 0 Å². The smallest absolute Gasteiger partial charge is 0.0507 e. The minimum atomic E-state index is 0.380. The van der Waals surface area contributed by atoms with Gasteiger partial charge in [-0.25, -0.2) is 0 Å². The Morgan fingerprint density at radius 2 is 2.00 bits per heavy atom. The Morgan fingerprint density at radius 1 is 1.40 bits per heavy atom. The second-order valence-electron chi connectivity index (χ2n) is 4.00. The summed E-state index contributed by atoms with van der Waals surface area (Å²) in [6.07, 6.45) is 4.09. The molecule has 2 heteroatoms. The summed E-state index contributed by atoms with van der Waals surface area (Å²) in [5.41, 5.74) is 0.380. The maximum absolute atomic E-state index is 9.15. The molecule has 3 aliphatic rings. The van der Waals surface area contributed by atoms with Gasteiger partial charge in [-0.1, -0.05) is 22.4 Å². The Morgan fingerprint density at radius 3 is 2.30 bits per heavy atom. The number of fused-ring (bicyclic) bond motifs is 2. The van der Waals surface area contributed by atoms with Gasteiger partial charge in [0.05, 0.1) is 6.61 Å². The van der Waals surface area contributed by atoms with Gasteiger partial charge < -0.3 is 5.11 Å². The van der Waals surface area contributed by atoms with Gasteiger partial charge in [0.25, 0.3) is 0 Å². The zero-order valence-electron chi connectivity index (χ0n) is 5.81. The average Bonchev–Trinajstić information content (AvgIpc) is 2.75. The summed E-state index contributed by atoms with van der Waals surface area (Å²) in [7, 11) is 0. The third-order valence-electron chi connectivity index (χ3n) is 4.05. The normalized spacial score (nSPS) is 69.0. The van der Waals surface area contributed by atoms with Crippen LogP contribution in [0.5, 0.6) is 0 Å². The van der Waals surface area contributed by atoms with E-state index in [4.69, 9.17) is 5.11 Å². The number of rotatable bonds is 1. The predicted octanol–water partition coefficient (Wildman–Crippen LogP) is 1.54. The summed E-state index contributed by atoms with van der Waals surface area (Å²) >= 11 is 3.76. The molecule has 2 atom stereocenters. The van der Waals surface area contributed by atoms with E-state index in [2.05, 4.69) is 15.9 Å². The van der Waals surface area contributed by atoms with Crippen LogP contribution in [0.1, 0.15) is 19.3 Å². The molecule has 1 N–H and O–H groups in total. The van der Waals surface area contributed by atoms with Gasteiger partial charge in [0.2, 0.25) is 0 Å². The molecule has 3 rings (SSSR count). The first-order valence-corrected chi connectivity index (χ1v) is 4.87. The third-order valence-corrected chi connectivity index (χ3v) is 5.90. The highest BCUT2D eigenvalue weighted by molar-refractivity contribution is 9.10. The van der Waals surface area contributed by atoms with E-state index < -0.39 is 0 Å². The largest absolute Gasteiger partial charge is 0.396 e. The SMILES string of the molecule is OCC12C3CCCC1C32Br. The summed E-state index contributed by atoms with van der Waals surface area (Å²) in [6.45, 7) is 0.424. The molecule has 0 radical (unpaired) electrons. The fourth-order valence-electron chi connectivity index (χ4n) is 3.44. The second kappa shape index (κ2) is 1.34. The zero-order chi connectivity index (χ0) is 6.98. The van der Waals surface area contributed by atoms with Crippen LogP contribution in [0, 0.1) is 17.3 Å². The van der Waals surface area contributed by atoms with E-state index in [-0.39, 0.29) is 0 Å². The molecule has 0 aliphatic heterocycles. The average molecular weight is 203 g/mol. The molecule has 2 unspecified atom stereocenters. The van der Waals surface area contributed by atoms with E-state index in [9.17, 15) is 0 Å². The van der Waals surface area contributed by atoms with Gasteiger partial charge in [0.15, 0.2) is 0 Å². The van der Waals surface area contributed by atoms with Crippen molar-refractivity contribution < 1.29 is 5.11 Å². The summed E-state index contributed by atoms with van der Waals surface area (Å²) in [4.78, 5) is 0. The summed E-state index contributed by atoms with van der Waals surface area (Å²) in [6, 6.07) is 0. The van der Waals surface area contributed by atoms with Crippen molar-refractivity contribution in [2.45, 2.75) is 23.6 Å². The molecule has 0 amide bonds. The number of hydrogen-bond donors (Lipinski definition) is 1. The van der Waals surface area contributed by atoms with E-state index in [1.165, 1.54) is 19.3 Å². The molecule has 3 fully saturated rings. The Kier molecular flexibility index (Phi) is 0.803. The monoisotopic (exact) mass is 202 g/mol. The van der Waals surface area contributed by atoms with Crippen molar-refractivity contribution in [2.24, 2.45) is 17.3 Å². The molecule has 0 bridgehead atoms. The van der Waals surface area contributed by atoms with Crippen LogP contribution in [0.3, 0.4) is 0 Å². The highest BCUT2D eigenvalue weighted by Gasteiger charge is 2.96. The maximum Gasteiger partial charge on any atom is 0.0507 e. The quantitative estimate of drug-likeness (QED) is 0.641. The van der Waals surface area contributed by atoms with Crippen LogP contribution >= 0.6 is 15.9 Å². The van der Waals surface area contributed by atoms with Crippen LogP contribution in [0.25, 0.3) is 0 Å². The number of alkyl halides is 1. The molecular weight excluding hydrogens is 192 g/mol. The minimum Gasteiger partial charge on any atom is -0.396 e. The fraction of sp³-hybridized carbons (Fsp3) is 1.00. The molecule has 0 aromatic carbocycles. The molecule has 0 saturated heterocycles. The van der Waals surface area contributed by atoms with E-state index in [0.29, 0.717) is 16.3 Å². The first-order valence-electron chi connectivity index (χ1n) is 4.08. The lowest BCUT2D eigenvalue weighted by atomic mass is 9.83. The van der Waals surface area contributed by atoms with Crippen molar-refractivity contribution in [3.05, 3.63) is 0 Å². The van der Waals surface area contributed by atoms with Gasteiger partial charge in [-0.15, -0.1) is 0 Å². The fourth-order valence-corrected chi connectivity index (χ4v) is 5.17. The standard InChI is InChI=1S/C8H11BrO/c9-8-5-2-1-3-6(8)7(5,8)4-10/h5-6,10H,1-4H2. The maximum atomic E-state index is 9.15. The van der Waals surface area contributed by atoms with Gasteiger partial charge in [-0.05, 0) is 24.7 Å². The highest BCUT2D eigenvalue weighted by Crippen LogP contribution is 2.94. The molecule has 0 aromatic rings. The molecule has 3 aliphatic carbocycles. The van der Waals surface area contributed by atoms with Crippen LogP contribution in [0.15, 0.2) is 0 Å². The van der Waals surface area contributed by atoms with Crippen molar-refractivity contribution in [1.29, 1.82) is 0 Å². The second-order valence-corrected chi connectivity index (χ2v) is 5.31. The van der Waals surface area contributed by atoms with Gasteiger partial charge in [0, 0.05) is 9.74 Å². The van der Waals surface area contributed by atoms with Crippen LogP contribution < -0.4 is 0 Å². The topological polar surface area (TPSA) is 20.2 Å². The third kappa shape index (κ3) is 0.316. The summed E-state index contributed by atoms with van der Waals surface area (Å²) < 4.78 is 0.438. The van der Waals surface area contributed by atoms with Crippen molar-refractivity contribution in [3.8, 4) is 0 Å². The van der Waals surface area contributed by atoms with Gasteiger partial charge in [-0.3, -0.25) is 0 Å². The van der Waals surface area contributed by atoms with E-state index in [0.717, 1.165) is 11.8 Å². The van der Waals surface area contributed by atoms with Crippen LogP contribution in [-0.2, 0) is 0 Å². The van der Waals surface area contributed by atoms with Gasteiger partial charge in [-0.2, -0.15) is 0 Å². The number of hydrogen-bond acceptors (Lipinski definition) is 1.